The Kier molecular flexibility index (Phi) is 11.5. The molecule has 22 heavy (non-hydrogen) atoms. The molecule has 0 bridgehead atoms. The predicted molar refractivity (Wildman–Crippen MR) is 104 cm³/mol. The fraction of sp³-hybridized carbons (Fsp3) is 0.500. The second-order valence-corrected chi connectivity index (χ2v) is 4.86. The molecule has 0 radical (unpaired) electrons. The summed E-state index contributed by atoms with van der Waals surface area (Å²) in [7, 11) is 1.99. The van der Waals surface area contributed by atoms with Crippen LogP contribution in [-0.2, 0) is 4.79 Å². The minimum absolute atomic E-state index is 0. The maximum Gasteiger partial charge on any atom is 0.246 e. The van der Waals surface area contributed by atoms with Gasteiger partial charge in [-0.3, -0.25) is 4.79 Å². The number of hydrogen-bond acceptors (Lipinski definition) is 2. The van der Waals surface area contributed by atoms with E-state index < -0.39 is 0 Å². The first-order valence-electron chi connectivity index (χ1n) is 7.51. The summed E-state index contributed by atoms with van der Waals surface area (Å²) < 4.78 is 0. The molecular weight excluding hydrogens is 391 g/mol. The lowest BCUT2D eigenvalue weighted by molar-refractivity contribution is -0.114. The fourth-order valence-corrected chi connectivity index (χ4v) is 1.84. The van der Waals surface area contributed by atoms with Gasteiger partial charge in [0.25, 0.3) is 0 Å². The second kappa shape index (κ2) is 12.3. The van der Waals surface area contributed by atoms with E-state index in [1.807, 2.05) is 44.3 Å². The van der Waals surface area contributed by atoms with Crippen molar-refractivity contribution >= 4 is 41.5 Å². The van der Waals surface area contributed by atoms with E-state index in [2.05, 4.69) is 27.4 Å². The van der Waals surface area contributed by atoms with Crippen LogP contribution in [0.1, 0.15) is 26.7 Å². The number of hydrogen-bond donors (Lipinski definition) is 2. The lowest BCUT2D eigenvalue weighted by atomic mass is 10.3. The number of guanidine groups is 1. The molecule has 6 heteroatoms. The number of anilines is 1. The molecule has 1 rings (SSSR count). The van der Waals surface area contributed by atoms with Gasteiger partial charge < -0.3 is 15.5 Å². The molecule has 0 unspecified atom stereocenters. The van der Waals surface area contributed by atoms with Crippen molar-refractivity contribution in [2.75, 3.05) is 32.0 Å². The number of nitrogens with one attached hydrogen (secondary N) is 2. The Morgan fingerprint density at radius 2 is 1.91 bits per heavy atom. The number of benzene rings is 1. The first kappa shape index (κ1) is 20.7. The van der Waals surface area contributed by atoms with Crippen molar-refractivity contribution < 1.29 is 4.79 Å². The molecule has 0 aromatic heterocycles. The van der Waals surface area contributed by atoms with Crippen LogP contribution in [0.2, 0.25) is 0 Å². The van der Waals surface area contributed by atoms with Crippen molar-refractivity contribution in [1.29, 1.82) is 0 Å². The predicted octanol–water partition coefficient (Wildman–Crippen LogP) is 2.94. The summed E-state index contributed by atoms with van der Waals surface area (Å²) in [5.41, 5.74) is 0.794. The van der Waals surface area contributed by atoms with Crippen LogP contribution in [0.15, 0.2) is 35.3 Å². The van der Waals surface area contributed by atoms with Gasteiger partial charge in [0.05, 0.1) is 0 Å². The van der Waals surface area contributed by atoms with Gasteiger partial charge in [0.15, 0.2) is 5.96 Å². The Labute approximate surface area is 150 Å². The van der Waals surface area contributed by atoms with Crippen LogP contribution < -0.4 is 10.6 Å². The van der Waals surface area contributed by atoms with Crippen molar-refractivity contribution in [1.82, 2.24) is 10.2 Å². The van der Waals surface area contributed by atoms with E-state index in [4.69, 9.17) is 0 Å². The van der Waals surface area contributed by atoms with Gasteiger partial charge in [-0.1, -0.05) is 31.5 Å². The zero-order chi connectivity index (χ0) is 15.5. The maximum absolute atomic E-state index is 11.9. The fourth-order valence-electron chi connectivity index (χ4n) is 1.84. The molecule has 0 saturated carbocycles. The molecule has 0 heterocycles. The van der Waals surface area contributed by atoms with Crippen LogP contribution in [0.5, 0.6) is 0 Å². The summed E-state index contributed by atoms with van der Waals surface area (Å²) in [6.45, 7) is 6.02. The van der Waals surface area contributed by atoms with Crippen molar-refractivity contribution in [3.05, 3.63) is 30.3 Å². The van der Waals surface area contributed by atoms with Gasteiger partial charge in [-0.25, -0.2) is 4.99 Å². The highest BCUT2D eigenvalue weighted by molar-refractivity contribution is 14.0. The molecule has 1 aromatic carbocycles. The summed E-state index contributed by atoms with van der Waals surface area (Å²) >= 11 is 0. The highest BCUT2D eigenvalue weighted by Gasteiger charge is 2.06. The molecule has 0 saturated heterocycles. The van der Waals surface area contributed by atoms with Crippen molar-refractivity contribution in [3.8, 4) is 0 Å². The zero-order valence-corrected chi connectivity index (χ0v) is 16.0. The molecule has 0 aliphatic heterocycles. The average molecular weight is 418 g/mol. The van der Waals surface area contributed by atoms with E-state index in [1.54, 1.807) is 0 Å². The first-order valence-corrected chi connectivity index (χ1v) is 7.51. The van der Waals surface area contributed by atoms with Crippen LogP contribution in [-0.4, -0.2) is 43.4 Å². The third-order valence-corrected chi connectivity index (χ3v) is 2.97. The number of aliphatic imine (C=N–C) groups is 1. The number of carbonyl (C=O) groups is 1. The van der Waals surface area contributed by atoms with Crippen molar-refractivity contribution in [3.63, 3.8) is 0 Å². The first-order chi connectivity index (χ1) is 10.2. The SMILES string of the molecule is CCCCN(C)C(=NCC(=O)Nc1ccccc1)NCC.I. The molecule has 124 valence electrons. The van der Waals surface area contributed by atoms with Gasteiger partial charge in [0, 0.05) is 25.8 Å². The van der Waals surface area contributed by atoms with Gasteiger partial charge in [0.2, 0.25) is 5.91 Å². The van der Waals surface area contributed by atoms with Crippen LogP contribution in [0.25, 0.3) is 0 Å². The summed E-state index contributed by atoms with van der Waals surface area (Å²) in [5.74, 6) is 0.662. The van der Waals surface area contributed by atoms with Gasteiger partial charge in [-0.15, -0.1) is 24.0 Å². The van der Waals surface area contributed by atoms with Crippen LogP contribution >= 0.6 is 24.0 Å². The Hall–Kier alpha value is -1.31. The van der Waals surface area contributed by atoms with Crippen LogP contribution in [0, 0.1) is 0 Å². The van der Waals surface area contributed by atoms with Gasteiger partial charge in [-0.05, 0) is 25.5 Å². The number of unbranched alkanes of at least 4 members (excludes halogenated alkanes) is 1. The van der Waals surface area contributed by atoms with Crippen molar-refractivity contribution in [2.24, 2.45) is 4.99 Å². The summed E-state index contributed by atoms with van der Waals surface area (Å²) in [4.78, 5) is 18.3. The Morgan fingerprint density at radius 1 is 1.23 bits per heavy atom. The van der Waals surface area contributed by atoms with E-state index >= 15 is 0 Å². The molecule has 2 N–H and O–H groups in total. The van der Waals surface area contributed by atoms with Crippen LogP contribution in [0.3, 0.4) is 0 Å². The maximum atomic E-state index is 11.9. The number of halogens is 1. The normalized spacial score (nSPS) is 10.6. The molecule has 0 aliphatic rings. The minimum atomic E-state index is -0.111. The molecule has 0 fully saturated rings. The third kappa shape index (κ3) is 8.21. The van der Waals surface area contributed by atoms with E-state index in [0.29, 0.717) is 0 Å². The topological polar surface area (TPSA) is 56.7 Å². The Morgan fingerprint density at radius 3 is 2.50 bits per heavy atom. The summed E-state index contributed by atoms with van der Waals surface area (Å²) in [6.07, 6.45) is 2.25. The third-order valence-electron chi connectivity index (χ3n) is 2.97. The van der Waals surface area contributed by atoms with Gasteiger partial charge in [-0.2, -0.15) is 0 Å². The van der Waals surface area contributed by atoms with Crippen molar-refractivity contribution in [2.45, 2.75) is 26.7 Å². The lowest BCUT2D eigenvalue weighted by Gasteiger charge is -2.21. The minimum Gasteiger partial charge on any atom is -0.357 e. The second-order valence-electron chi connectivity index (χ2n) is 4.86. The quantitative estimate of drug-likeness (QED) is 0.407. The number of rotatable bonds is 7. The van der Waals surface area contributed by atoms with Crippen LogP contribution in [0.4, 0.5) is 5.69 Å². The lowest BCUT2D eigenvalue weighted by Crippen LogP contribution is -2.40. The van der Waals surface area contributed by atoms with E-state index in [9.17, 15) is 4.79 Å². The van der Waals surface area contributed by atoms with E-state index in [1.165, 1.54) is 0 Å². The van der Waals surface area contributed by atoms with E-state index in [0.717, 1.165) is 37.6 Å². The smallest absolute Gasteiger partial charge is 0.246 e. The summed E-state index contributed by atoms with van der Waals surface area (Å²) in [5, 5.41) is 6.04. The van der Waals surface area contributed by atoms with Gasteiger partial charge >= 0.3 is 0 Å². The van der Waals surface area contributed by atoms with E-state index in [-0.39, 0.29) is 36.4 Å². The average Bonchev–Trinajstić information content (AvgIpc) is 2.50. The molecule has 1 aromatic rings. The molecule has 0 aliphatic carbocycles. The Balaban J connectivity index is 0.00000441. The number of carbonyl (C=O) groups excluding carboxylic acids is 1. The molecule has 0 spiro atoms. The molecule has 0 atom stereocenters. The number of amides is 1. The highest BCUT2D eigenvalue weighted by atomic mass is 127. The standard InChI is InChI=1S/C16H26N4O.HI/c1-4-6-12-20(3)16(17-5-2)18-13-15(21)19-14-10-8-7-9-11-14;/h7-11H,4-6,12-13H2,1-3H3,(H,17,18)(H,19,21);1H. The molecular formula is C16H27IN4O. The molecule has 5 nitrogen and oxygen atoms in total. The largest absolute Gasteiger partial charge is 0.357 e. The Bertz CT molecular complexity index is 451. The van der Waals surface area contributed by atoms with Gasteiger partial charge in [0.1, 0.15) is 6.54 Å². The number of nitrogens with zero attached hydrogens (tertiary/aromatic N) is 2. The monoisotopic (exact) mass is 418 g/mol. The zero-order valence-electron chi connectivity index (χ0n) is 13.6. The highest BCUT2D eigenvalue weighted by Crippen LogP contribution is 2.04. The molecule has 1 amide bonds. The number of para-hydroxylation sites is 1. The summed E-state index contributed by atoms with van der Waals surface area (Å²) in [6, 6.07) is 9.42.